The lowest BCUT2D eigenvalue weighted by molar-refractivity contribution is 0.216. The predicted octanol–water partition coefficient (Wildman–Crippen LogP) is 4.04. The van der Waals surface area contributed by atoms with Crippen molar-refractivity contribution in [3.63, 3.8) is 0 Å². The number of halogens is 2. The summed E-state index contributed by atoms with van der Waals surface area (Å²) in [6.07, 6.45) is -0.203. The molecule has 2 nitrogen and oxygen atoms in total. The fourth-order valence-electron chi connectivity index (χ4n) is 1.62. The highest BCUT2D eigenvalue weighted by Gasteiger charge is 2.15. The van der Waals surface area contributed by atoms with Gasteiger partial charge in [-0.1, -0.05) is 0 Å². The van der Waals surface area contributed by atoms with Gasteiger partial charge in [-0.05, 0) is 58.7 Å². The summed E-state index contributed by atoms with van der Waals surface area (Å²) in [4.78, 5) is 1.05. The number of rotatable bonds is 4. The Morgan fingerprint density at radius 3 is 2.72 bits per heavy atom. The average molecular weight is 330 g/mol. The molecule has 0 bridgehead atoms. The summed E-state index contributed by atoms with van der Waals surface area (Å²) in [7, 11) is 0. The lowest BCUT2D eigenvalue weighted by Gasteiger charge is -2.17. The first-order valence-corrected chi connectivity index (χ1v) is 7.09. The Bertz CT molecular complexity index is 544. The van der Waals surface area contributed by atoms with Crippen LogP contribution < -0.4 is 10.5 Å². The summed E-state index contributed by atoms with van der Waals surface area (Å²) in [5.41, 5.74) is 6.50. The van der Waals surface area contributed by atoms with Gasteiger partial charge in [0.25, 0.3) is 0 Å². The molecule has 96 valence electrons. The second-order valence-electron chi connectivity index (χ2n) is 3.89. The van der Waals surface area contributed by atoms with Crippen LogP contribution in [0.15, 0.2) is 34.1 Å². The predicted molar refractivity (Wildman–Crippen MR) is 75.6 cm³/mol. The highest BCUT2D eigenvalue weighted by Crippen LogP contribution is 2.31. The maximum Gasteiger partial charge on any atom is 0.145 e. The minimum absolute atomic E-state index is 0.203. The zero-order chi connectivity index (χ0) is 13.1. The number of hydrogen-bond donors (Lipinski definition) is 1. The van der Waals surface area contributed by atoms with Gasteiger partial charge in [0.15, 0.2) is 0 Å². The van der Waals surface area contributed by atoms with Gasteiger partial charge in [-0.25, -0.2) is 4.39 Å². The van der Waals surface area contributed by atoms with Crippen molar-refractivity contribution in [2.24, 2.45) is 5.73 Å². The van der Waals surface area contributed by atoms with Crippen LogP contribution >= 0.6 is 27.3 Å². The molecular formula is C13H13BrFNOS. The van der Waals surface area contributed by atoms with Gasteiger partial charge in [-0.2, -0.15) is 0 Å². The van der Waals surface area contributed by atoms with E-state index in [9.17, 15) is 4.39 Å². The molecule has 1 aromatic carbocycles. The molecule has 1 heterocycles. The summed E-state index contributed by atoms with van der Waals surface area (Å²) in [6.45, 7) is 2.19. The van der Waals surface area contributed by atoms with E-state index in [1.54, 1.807) is 17.4 Å². The third-order valence-corrected chi connectivity index (χ3v) is 4.25. The first-order chi connectivity index (χ1) is 8.60. The smallest absolute Gasteiger partial charge is 0.145 e. The molecule has 0 saturated heterocycles. The van der Waals surface area contributed by atoms with Gasteiger partial charge < -0.3 is 10.5 Å². The zero-order valence-corrected chi connectivity index (χ0v) is 12.2. The zero-order valence-electron chi connectivity index (χ0n) is 9.82. The van der Waals surface area contributed by atoms with Crippen molar-refractivity contribution in [1.29, 1.82) is 0 Å². The number of aryl methyl sites for hydroxylation is 1. The maximum absolute atomic E-state index is 13.0. The van der Waals surface area contributed by atoms with E-state index in [0.29, 0.717) is 12.3 Å². The van der Waals surface area contributed by atoms with Crippen molar-refractivity contribution in [2.75, 3.05) is 6.54 Å². The number of hydrogen-bond acceptors (Lipinski definition) is 3. The molecule has 18 heavy (non-hydrogen) atoms. The molecular weight excluding hydrogens is 317 g/mol. The summed E-state index contributed by atoms with van der Waals surface area (Å²) >= 11 is 5.00. The monoisotopic (exact) mass is 329 g/mol. The van der Waals surface area contributed by atoms with Crippen molar-refractivity contribution < 1.29 is 9.13 Å². The molecule has 0 amide bonds. The minimum atomic E-state index is -0.261. The standard InChI is InChI=1S/C13H13BrFNOS/c1-8-6-9(15)2-3-10(8)17-11(7-16)12-4-5-13(14)18-12/h2-6,11H,7,16H2,1H3. The number of benzene rings is 1. The molecule has 0 fully saturated rings. The van der Waals surface area contributed by atoms with Crippen LogP contribution in [0.5, 0.6) is 5.75 Å². The number of ether oxygens (including phenoxy) is 1. The molecule has 0 aliphatic rings. The van der Waals surface area contributed by atoms with Gasteiger partial charge >= 0.3 is 0 Å². The van der Waals surface area contributed by atoms with Crippen LogP contribution in [0.3, 0.4) is 0 Å². The number of nitrogens with two attached hydrogens (primary N) is 1. The molecule has 2 rings (SSSR count). The topological polar surface area (TPSA) is 35.2 Å². The van der Waals surface area contributed by atoms with Gasteiger partial charge in [0.2, 0.25) is 0 Å². The van der Waals surface area contributed by atoms with Gasteiger partial charge in [0.1, 0.15) is 17.7 Å². The van der Waals surface area contributed by atoms with E-state index in [1.807, 2.05) is 19.1 Å². The lowest BCUT2D eigenvalue weighted by Crippen LogP contribution is -2.17. The Morgan fingerprint density at radius 1 is 1.39 bits per heavy atom. The van der Waals surface area contributed by atoms with Crippen LogP contribution in [0.25, 0.3) is 0 Å². The Hall–Kier alpha value is -0.910. The third kappa shape index (κ3) is 3.10. The SMILES string of the molecule is Cc1cc(F)ccc1OC(CN)c1ccc(Br)s1. The Morgan fingerprint density at radius 2 is 2.17 bits per heavy atom. The van der Waals surface area contributed by atoms with E-state index in [2.05, 4.69) is 15.9 Å². The van der Waals surface area contributed by atoms with Crippen molar-refractivity contribution >= 4 is 27.3 Å². The van der Waals surface area contributed by atoms with Crippen LogP contribution in [0, 0.1) is 12.7 Å². The van der Waals surface area contributed by atoms with Crippen LogP contribution in [0.4, 0.5) is 4.39 Å². The Kier molecular flexibility index (Phi) is 4.37. The van der Waals surface area contributed by atoms with E-state index in [4.69, 9.17) is 10.5 Å². The van der Waals surface area contributed by atoms with Gasteiger partial charge in [0.05, 0.1) is 3.79 Å². The minimum Gasteiger partial charge on any atom is -0.483 e. The van der Waals surface area contributed by atoms with E-state index in [-0.39, 0.29) is 11.9 Å². The molecule has 1 atom stereocenters. The Labute approximate surface area is 118 Å². The summed E-state index contributed by atoms with van der Waals surface area (Å²) in [5.74, 6) is 0.402. The molecule has 1 unspecified atom stereocenters. The number of thiophene rings is 1. The van der Waals surface area contributed by atoms with Gasteiger partial charge in [-0.3, -0.25) is 0 Å². The van der Waals surface area contributed by atoms with Gasteiger partial charge in [0, 0.05) is 11.4 Å². The van der Waals surface area contributed by atoms with Crippen molar-refractivity contribution in [3.8, 4) is 5.75 Å². The van der Waals surface area contributed by atoms with E-state index < -0.39 is 0 Å². The fraction of sp³-hybridized carbons (Fsp3) is 0.231. The van der Waals surface area contributed by atoms with Crippen molar-refractivity contribution in [1.82, 2.24) is 0 Å². The summed E-state index contributed by atoms with van der Waals surface area (Å²) in [6, 6.07) is 8.41. The summed E-state index contributed by atoms with van der Waals surface area (Å²) < 4.78 is 19.9. The second-order valence-corrected chi connectivity index (χ2v) is 6.39. The van der Waals surface area contributed by atoms with Crippen LogP contribution in [0.1, 0.15) is 16.5 Å². The third-order valence-electron chi connectivity index (χ3n) is 2.53. The van der Waals surface area contributed by atoms with Crippen molar-refractivity contribution in [2.45, 2.75) is 13.0 Å². The molecule has 0 saturated carbocycles. The normalized spacial score (nSPS) is 12.4. The molecule has 0 aliphatic heterocycles. The molecule has 0 spiro atoms. The maximum atomic E-state index is 13.0. The first kappa shape index (κ1) is 13.5. The quantitative estimate of drug-likeness (QED) is 0.918. The van der Waals surface area contributed by atoms with E-state index >= 15 is 0 Å². The van der Waals surface area contributed by atoms with Gasteiger partial charge in [-0.15, -0.1) is 11.3 Å². The van der Waals surface area contributed by atoms with Crippen molar-refractivity contribution in [3.05, 3.63) is 50.4 Å². The highest BCUT2D eigenvalue weighted by atomic mass is 79.9. The summed E-state index contributed by atoms with van der Waals surface area (Å²) in [5, 5.41) is 0. The fourth-order valence-corrected chi connectivity index (χ4v) is 3.09. The molecule has 0 radical (unpaired) electrons. The van der Waals surface area contributed by atoms with E-state index in [0.717, 1.165) is 14.2 Å². The molecule has 5 heteroatoms. The molecule has 2 aromatic rings. The first-order valence-electron chi connectivity index (χ1n) is 5.48. The Balaban J connectivity index is 2.20. The average Bonchev–Trinajstić information content (AvgIpc) is 2.75. The lowest BCUT2D eigenvalue weighted by atomic mass is 10.2. The molecule has 2 N–H and O–H groups in total. The molecule has 1 aromatic heterocycles. The largest absolute Gasteiger partial charge is 0.483 e. The molecule has 0 aliphatic carbocycles. The second kappa shape index (κ2) is 5.82. The van der Waals surface area contributed by atoms with E-state index in [1.165, 1.54) is 12.1 Å². The highest BCUT2D eigenvalue weighted by molar-refractivity contribution is 9.11. The van der Waals surface area contributed by atoms with Crippen LogP contribution in [-0.4, -0.2) is 6.54 Å². The van der Waals surface area contributed by atoms with Crippen LogP contribution in [0.2, 0.25) is 0 Å². The van der Waals surface area contributed by atoms with Crippen LogP contribution in [-0.2, 0) is 0 Å².